The number of hydrogen-bond donors (Lipinski definition) is 5. The number of nitrogen functional groups attached to an aromatic ring is 1. The Morgan fingerprint density at radius 2 is 2.03 bits per heavy atom. The van der Waals surface area contributed by atoms with Gasteiger partial charge in [0, 0.05) is 57.6 Å². The van der Waals surface area contributed by atoms with Gasteiger partial charge in [0.15, 0.2) is 5.82 Å². The molecule has 2 saturated heterocycles. The zero-order chi connectivity index (χ0) is 27.2. The van der Waals surface area contributed by atoms with Crippen LogP contribution < -0.4 is 16.4 Å². The minimum atomic E-state index is -0.0532. The van der Waals surface area contributed by atoms with Crippen molar-refractivity contribution in [3.63, 3.8) is 0 Å². The van der Waals surface area contributed by atoms with Crippen molar-refractivity contribution in [2.45, 2.75) is 70.3 Å². The first-order valence-corrected chi connectivity index (χ1v) is 14.2. The van der Waals surface area contributed by atoms with Gasteiger partial charge in [-0.2, -0.15) is 10.1 Å². The lowest BCUT2D eigenvalue weighted by Gasteiger charge is -2.40. The molecule has 0 bridgehead atoms. The van der Waals surface area contributed by atoms with Crippen molar-refractivity contribution in [1.29, 1.82) is 0 Å². The quantitative estimate of drug-likeness (QED) is 0.246. The van der Waals surface area contributed by atoms with E-state index in [1.807, 2.05) is 4.68 Å². The molecule has 11 nitrogen and oxygen atoms in total. The zero-order valence-corrected chi connectivity index (χ0v) is 22.8. The van der Waals surface area contributed by atoms with E-state index >= 15 is 0 Å². The number of aromatic nitrogens is 4. The van der Waals surface area contributed by atoms with Crippen molar-refractivity contribution < 1.29 is 14.9 Å². The summed E-state index contributed by atoms with van der Waals surface area (Å²) < 4.78 is 7.42. The molecule has 2 aliphatic heterocycles. The van der Waals surface area contributed by atoms with Crippen molar-refractivity contribution in [2.24, 2.45) is 0 Å². The number of benzene rings is 1. The first-order chi connectivity index (χ1) is 19.1. The minimum Gasteiger partial charge on any atom is -0.396 e. The number of aliphatic hydroxyl groups is 2. The van der Waals surface area contributed by atoms with E-state index in [2.05, 4.69) is 55.7 Å². The number of nitrogens with two attached hydrogens (primary N) is 1. The predicted octanol–water partition coefficient (Wildman–Crippen LogP) is 2.04. The number of aliphatic hydroxyl groups excluding tert-OH is 2. The van der Waals surface area contributed by atoms with Gasteiger partial charge in [0.1, 0.15) is 11.0 Å². The normalized spacial score (nSPS) is 19.9. The van der Waals surface area contributed by atoms with E-state index in [0.717, 1.165) is 75.2 Å². The van der Waals surface area contributed by atoms with Crippen molar-refractivity contribution in [3.8, 4) is 0 Å². The van der Waals surface area contributed by atoms with Gasteiger partial charge in [-0.1, -0.05) is 31.5 Å². The van der Waals surface area contributed by atoms with Gasteiger partial charge in [0.2, 0.25) is 5.95 Å². The second kappa shape index (κ2) is 13.0. The Kier molecular flexibility index (Phi) is 9.25. The number of anilines is 2. The van der Waals surface area contributed by atoms with Crippen LogP contribution in [-0.4, -0.2) is 86.4 Å². The molecule has 11 heteroatoms. The lowest BCUT2D eigenvalue weighted by atomic mass is 9.97. The van der Waals surface area contributed by atoms with Crippen LogP contribution in [-0.2, 0) is 17.9 Å². The summed E-state index contributed by atoms with van der Waals surface area (Å²) in [5.41, 5.74) is 10.5. The molecule has 1 aromatic carbocycles. The van der Waals surface area contributed by atoms with Gasteiger partial charge in [-0.3, -0.25) is 9.58 Å². The Morgan fingerprint density at radius 3 is 2.79 bits per heavy atom. The van der Waals surface area contributed by atoms with Crippen LogP contribution >= 0.6 is 0 Å². The maximum absolute atomic E-state index is 10.3. The van der Waals surface area contributed by atoms with Gasteiger partial charge in [-0.25, -0.2) is 4.98 Å². The van der Waals surface area contributed by atoms with Crippen LogP contribution in [0.4, 0.5) is 11.8 Å². The summed E-state index contributed by atoms with van der Waals surface area (Å²) in [7, 11) is 0. The summed E-state index contributed by atoms with van der Waals surface area (Å²) in [4.78, 5) is 11.5. The number of hydrogen-bond acceptors (Lipinski definition) is 10. The molecule has 0 radical (unpaired) electrons. The number of fused-ring (bicyclic) bond motifs is 1. The maximum Gasteiger partial charge on any atom is 0.222 e. The Bertz CT molecular complexity index is 1220. The highest BCUT2D eigenvalue weighted by Crippen LogP contribution is 2.27. The molecule has 2 aromatic heterocycles. The smallest absolute Gasteiger partial charge is 0.222 e. The lowest BCUT2D eigenvalue weighted by molar-refractivity contribution is 0.0234. The molecule has 3 aromatic rings. The Hall–Kier alpha value is -2.83. The molecule has 2 atom stereocenters. The fraction of sp³-hybridized carbons (Fsp3) is 0.607. The molecule has 1 unspecified atom stereocenters. The first-order valence-electron chi connectivity index (χ1n) is 14.2. The number of nitrogens with zero attached hydrogens (tertiary/aromatic N) is 5. The fourth-order valence-electron chi connectivity index (χ4n) is 5.93. The number of piperazine rings is 1. The SMILES string of the molecule is CCC[C@@H](CCO)Nc1nc(N)nc2cnn(Cc3ccc(C4CN(C5CCOCC5)CCN4)cc3CO)c12. The van der Waals surface area contributed by atoms with E-state index in [1.165, 1.54) is 5.56 Å². The number of ether oxygens (including phenoxy) is 1. The monoisotopic (exact) mass is 538 g/mol. The Balaban J connectivity index is 1.37. The third-order valence-corrected chi connectivity index (χ3v) is 8.00. The summed E-state index contributed by atoms with van der Waals surface area (Å²) in [6.45, 7) is 7.28. The molecular formula is C28H42N8O3. The summed E-state index contributed by atoms with van der Waals surface area (Å²) in [6.07, 6.45) is 6.38. The highest BCUT2D eigenvalue weighted by Gasteiger charge is 2.28. The van der Waals surface area contributed by atoms with E-state index in [1.54, 1.807) is 6.20 Å². The van der Waals surface area contributed by atoms with Crippen molar-refractivity contribution >= 4 is 22.8 Å². The van der Waals surface area contributed by atoms with Gasteiger partial charge >= 0.3 is 0 Å². The highest BCUT2D eigenvalue weighted by atomic mass is 16.5. The van der Waals surface area contributed by atoms with Crippen LogP contribution in [0.25, 0.3) is 11.0 Å². The molecule has 0 spiro atoms. The zero-order valence-electron chi connectivity index (χ0n) is 22.8. The second-order valence-electron chi connectivity index (χ2n) is 10.6. The van der Waals surface area contributed by atoms with Crippen molar-refractivity contribution in [1.82, 2.24) is 30.0 Å². The average molecular weight is 539 g/mol. The van der Waals surface area contributed by atoms with Crippen molar-refractivity contribution in [3.05, 3.63) is 41.1 Å². The largest absolute Gasteiger partial charge is 0.396 e. The summed E-state index contributed by atoms with van der Waals surface area (Å²) in [5.74, 6) is 0.794. The molecule has 39 heavy (non-hydrogen) atoms. The van der Waals surface area contributed by atoms with Gasteiger partial charge in [-0.15, -0.1) is 0 Å². The van der Waals surface area contributed by atoms with Crippen LogP contribution in [0.2, 0.25) is 0 Å². The molecule has 6 N–H and O–H groups in total. The third kappa shape index (κ3) is 6.50. The second-order valence-corrected chi connectivity index (χ2v) is 10.6. The molecule has 4 heterocycles. The summed E-state index contributed by atoms with van der Waals surface area (Å²) in [5, 5.41) is 31.6. The standard InChI is InChI=1S/C28H42N8O3/c1-2-3-22(6-11-37)32-27-26-24(33-28(29)34-27)15-31-36(26)16-20-5-4-19(14-21(20)18-38)25-17-35(10-9-30-25)23-7-12-39-13-8-23/h4-5,14-15,22-23,25,30,37-38H,2-3,6-13,16-18H2,1H3,(H3,29,32,33,34)/t22-,25?/m0/s1. The highest BCUT2D eigenvalue weighted by molar-refractivity contribution is 5.86. The van der Waals surface area contributed by atoms with E-state index in [-0.39, 0.29) is 31.2 Å². The van der Waals surface area contributed by atoms with Gasteiger partial charge in [0.05, 0.1) is 19.3 Å². The fourth-order valence-corrected chi connectivity index (χ4v) is 5.93. The van der Waals surface area contributed by atoms with Crippen molar-refractivity contribution in [2.75, 3.05) is 50.5 Å². The van der Waals surface area contributed by atoms with Crippen LogP contribution in [0.15, 0.2) is 24.4 Å². The molecule has 2 fully saturated rings. The molecule has 5 rings (SSSR count). The summed E-state index contributed by atoms with van der Waals surface area (Å²) >= 11 is 0. The molecule has 0 saturated carbocycles. The van der Waals surface area contributed by atoms with E-state index < -0.39 is 0 Å². The Labute approximate surface area is 229 Å². The van der Waals surface area contributed by atoms with Crippen LogP contribution in [0, 0.1) is 0 Å². The number of rotatable bonds is 11. The molecule has 212 valence electrons. The minimum absolute atomic E-state index is 0.0532. The molecular weight excluding hydrogens is 496 g/mol. The van der Waals surface area contributed by atoms with Gasteiger partial charge in [-0.05, 0) is 42.4 Å². The average Bonchev–Trinajstić information content (AvgIpc) is 3.36. The van der Waals surface area contributed by atoms with E-state index in [9.17, 15) is 10.2 Å². The lowest BCUT2D eigenvalue weighted by Crippen LogP contribution is -2.51. The first kappa shape index (κ1) is 27.7. The topological polar surface area (TPSA) is 147 Å². The van der Waals surface area contributed by atoms with E-state index in [0.29, 0.717) is 30.3 Å². The van der Waals surface area contributed by atoms with Gasteiger partial charge < -0.3 is 31.3 Å². The van der Waals surface area contributed by atoms with E-state index in [4.69, 9.17) is 10.5 Å². The number of nitrogens with one attached hydrogen (secondary N) is 2. The molecule has 0 amide bonds. The van der Waals surface area contributed by atoms with Crippen LogP contribution in [0.1, 0.15) is 61.8 Å². The third-order valence-electron chi connectivity index (χ3n) is 8.00. The summed E-state index contributed by atoms with van der Waals surface area (Å²) in [6, 6.07) is 7.26. The molecule has 2 aliphatic rings. The predicted molar refractivity (Wildman–Crippen MR) is 151 cm³/mol. The van der Waals surface area contributed by atoms with Gasteiger partial charge in [0.25, 0.3) is 0 Å². The van der Waals surface area contributed by atoms with Crippen LogP contribution in [0.3, 0.4) is 0 Å². The van der Waals surface area contributed by atoms with Crippen LogP contribution in [0.5, 0.6) is 0 Å². The molecule has 0 aliphatic carbocycles. The maximum atomic E-state index is 10.3. The Morgan fingerprint density at radius 1 is 1.18 bits per heavy atom.